The number of carbonyl (C=O) groups is 1. The molecule has 1 aromatic rings. The fraction of sp³-hybridized carbons (Fsp3) is 0.462. The maximum atomic E-state index is 11.3. The molecule has 3 rings (SSSR count). The summed E-state index contributed by atoms with van der Waals surface area (Å²) in [5.41, 5.74) is 9.76. The van der Waals surface area contributed by atoms with Crippen molar-refractivity contribution in [3.63, 3.8) is 0 Å². The first-order valence-electron chi connectivity index (χ1n) is 6.06. The van der Waals surface area contributed by atoms with E-state index in [0.717, 1.165) is 22.6 Å². The number of hydrogen-bond donors (Lipinski definition) is 3. The predicted octanol–water partition coefficient (Wildman–Crippen LogP) is 2.12. The number of hydrogen-bond acceptors (Lipinski definition) is 3. The van der Waals surface area contributed by atoms with E-state index in [1.54, 1.807) is 0 Å². The third kappa shape index (κ3) is 1.73. The second-order valence-corrected chi connectivity index (χ2v) is 5.36. The molecule has 1 heterocycles. The first-order valence-corrected chi connectivity index (χ1v) is 6.06. The minimum Gasteiger partial charge on any atom is -0.397 e. The van der Waals surface area contributed by atoms with Gasteiger partial charge in [-0.25, -0.2) is 0 Å². The van der Waals surface area contributed by atoms with Gasteiger partial charge in [0.15, 0.2) is 0 Å². The van der Waals surface area contributed by atoms with Crippen LogP contribution < -0.4 is 16.4 Å². The lowest BCUT2D eigenvalue weighted by molar-refractivity contribution is -0.115. The van der Waals surface area contributed by atoms with Crippen LogP contribution in [0.5, 0.6) is 0 Å². The van der Waals surface area contributed by atoms with Crippen LogP contribution in [0.2, 0.25) is 0 Å². The third-order valence-corrected chi connectivity index (χ3v) is 3.79. The fourth-order valence-corrected chi connectivity index (χ4v) is 2.56. The zero-order chi connectivity index (χ0) is 12.0. The molecule has 90 valence electrons. The van der Waals surface area contributed by atoms with Crippen molar-refractivity contribution in [3.8, 4) is 0 Å². The number of fused-ring (bicyclic) bond motifs is 1. The molecule has 1 saturated carbocycles. The highest BCUT2D eigenvalue weighted by atomic mass is 16.1. The Bertz CT molecular complexity index is 492. The molecule has 1 amide bonds. The molecule has 4 nitrogen and oxygen atoms in total. The van der Waals surface area contributed by atoms with Crippen LogP contribution in [-0.4, -0.2) is 11.4 Å². The Morgan fingerprint density at radius 1 is 1.41 bits per heavy atom. The van der Waals surface area contributed by atoms with Crippen molar-refractivity contribution in [2.75, 3.05) is 16.4 Å². The number of nitrogen functional groups attached to an aromatic ring is 1. The summed E-state index contributed by atoms with van der Waals surface area (Å²) in [6, 6.07) is 3.86. The quantitative estimate of drug-likeness (QED) is 0.683. The van der Waals surface area contributed by atoms with E-state index in [9.17, 15) is 4.79 Å². The lowest BCUT2D eigenvalue weighted by Gasteiger charge is -2.40. The van der Waals surface area contributed by atoms with E-state index in [1.807, 2.05) is 12.1 Å². The summed E-state index contributed by atoms with van der Waals surface area (Å²) in [5.74, 6) is 0.0476. The number of anilines is 3. The topological polar surface area (TPSA) is 67.1 Å². The van der Waals surface area contributed by atoms with E-state index in [-0.39, 0.29) is 11.4 Å². The molecule has 0 unspecified atom stereocenters. The summed E-state index contributed by atoms with van der Waals surface area (Å²) in [6.45, 7) is 2.21. The van der Waals surface area contributed by atoms with Crippen molar-refractivity contribution in [2.45, 2.75) is 38.1 Å². The van der Waals surface area contributed by atoms with Gasteiger partial charge in [-0.1, -0.05) is 0 Å². The lowest BCUT2D eigenvalue weighted by Crippen LogP contribution is -2.41. The van der Waals surface area contributed by atoms with Gasteiger partial charge in [-0.2, -0.15) is 0 Å². The molecule has 1 aromatic carbocycles. The standard InChI is InChI=1S/C13H17N3O/c1-13(3-2-4-13)16-11-7-10-8(5-9(11)14)6-12(17)15-10/h5,7,16H,2-4,6,14H2,1H3,(H,15,17). The highest BCUT2D eigenvalue weighted by molar-refractivity contribution is 6.00. The Kier molecular flexibility index (Phi) is 2.08. The first kappa shape index (κ1) is 10.4. The first-order chi connectivity index (χ1) is 8.06. The average Bonchev–Trinajstić information content (AvgIpc) is 2.55. The normalized spacial score (nSPS) is 20.4. The lowest BCUT2D eigenvalue weighted by atomic mass is 9.78. The van der Waals surface area contributed by atoms with Gasteiger partial charge in [0, 0.05) is 11.2 Å². The molecule has 4 N–H and O–H groups in total. The highest BCUT2D eigenvalue weighted by Crippen LogP contribution is 2.38. The summed E-state index contributed by atoms with van der Waals surface area (Å²) < 4.78 is 0. The van der Waals surface area contributed by atoms with Crippen molar-refractivity contribution in [3.05, 3.63) is 17.7 Å². The van der Waals surface area contributed by atoms with E-state index in [4.69, 9.17) is 5.73 Å². The Labute approximate surface area is 101 Å². The molecule has 1 aliphatic heterocycles. The number of carbonyl (C=O) groups excluding carboxylic acids is 1. The van der Waals surface area contributed by atoms with Crippen molar-refractivity contribution >= 4 is 23.0 Å². The molecular formula is C13H17N3O. The van der Waals surface area contributed by atoms with Crippen molar-refractivity contribution in [1.82, 2.24) is 0 Å². The second-order valence-electron chi connectivity index (χ2n) is 5.36. The largest absolute Gasteiger partial charge is 0.397 e. The van der Waals surface area contributed by atoms with Gasteiger partial charge in [-0.05, 0) is 43.9 Å². The molecule has 0 aromatic heterocycles. The molecule has 0 spiro atoms. The van der Waals surface area contributed by atoms with Gasteiger partial charge in [0.1, 0.15) is 0 Å². The van der Waals surface area contributed by atoms with Crippen LogP contribution >= 0.6 is 0 Å². The minimum absolute atomic E-state index is 0.0476. The fourth-order valence-electron chi connectivity index (χ4n) is 2.56. The van der Waals surface area contributed by atoms with E-state index in [1.165, 1.54) is 19.3 Å². The summed E-state index contributed by atoms with van der Waals surface area (Å²) in [4.78, 5) is 11.3. The zero-order valence-corrected chi connectivity index (χ0v) is 9.97. The number of rotatable bonds is 2. The molecule has 0 saturated heterocycles. The van der Waals surface area contributed by atoms with Crippen LogP contribution in [0.4, 0.5) is 17.1 Å². The summed E-state index contributed by atoms with van der Waals surface area (Å²) in [7, 11) is 0. The molecule has 2 aliphatic rings. The van der Waals surface area contributed by atoms with E-state index in [0.29, 0.717) is 6.42 Å². The Morgan fingerprint density at radius 3 is 2.82 bits per heavy atom. The number of nitrogens with two attached hydrogens (primary N) is 1. The minimum atomic E-state index is 0.0476. The summed E-state index contributed by atoms with van der Waals surface area (Å²) >= 11 is 0. The van der Waals surface area contributed by atoms with Crippen LogP contribution in [0.25, 0.3) is 0 Å². The average molecular weight is 231 g/mol. The predicted molar refractivity (Wildman–Crippen MR) is 69.1 cm³/mol. The molecule has 0 atom stereocenters. The zero-order valence-electron chi connectivity index (χ0n) is 9.97. The number of benzene rings is 1. The maximum Gasteiger partial charge on any atom is 0.228 e. The van der Waals surface area contributed by atoms with Crippen LogP contribution in [0.15, 0.2) is 12.1 Å². The van der Waals surface area contributed by atoms with Gasteiger partial charge in [0.05, 0.1) is 17.8 Å². The molecule has 0 radical (unpaired) electrons. The van der Waals surface area contributed by atoms with Crippen LogP contribution in [0, 0.1) is 0 Å². The van der Waals surface area contributed by atoms with Crippen LogP contribution in [0.1, 0.15) is 31.7 Å². The smallest absolute Gasteiger partial charge is 0.228 e. The van der Waals surface area contributed by atoms with Gasteiger partial charge < -0.3 is 16.4 Å². The van der Waals surface area contributed by atoms with E-state index < -0.39 is 0 Å². The van der Waals surface area contributed by atoms with Gasteiger partial charge in [-0.3, -0.25) is 4.79 Å². The summed E-state index contributed by atoms with van der Waals surface area (Å²) in [5, 5.41) is 6.34. The van der Waals surface area contributed by atoms with Gasteiger partial charge in [0.25, 0.3) is 0 Å². The molecule has 4 heteroatoms. The summed E-state index contributed by atoms with van der Waals surface area (Å²) in [6.07, 6.45) is 4.06. The van der Waals surface area contributed by atoms with Crippen LogP contribution in [0.3, 0.4) is 0 Å². The Balaban J connectivity index is 1.90. The maximum absolute atomic E-state index is 11.3. The van der Waals surface area contributed by atoms with E-state index >= 15 is 0 Å². The van der Waals surface area contributed by atoms with Gasteiger partial charge in [0.2, 0.25) is 5.91 Å². The van der Waals surface area contributed by atoms with Crippen molar-refractivity contribution in [1.29, 1.82) is 0 Å². The highest BCUT2D eigenvalue weighted by Gasteiger charge is 2.32. The van der Waals surface area contributed by atoms with Gasteiger partial charge >= 0.3 is 0 Å². The van der Waals surface area contributed by atoms with Crippen molar-refractivity contribution in [2.24, 2.45) is 0 Å². The molecular weight excluding hydrogens is 214 g/mol. The number of nitrogens with one attached hydrogen (secondary N) is 2. The molecule has 1 aliphatic carbocycles. The SMILES string of the molecule is CC1(Nc2cc3c(cc2N)CC(=O)N3)CCC1. The number of amides is 1. The third-order valence-electron chi connectivity index (χ3n) is 3.79. The van der Waals surface area contributed by atoms with Crippen molar-refractivity contribution < 1.29 is 4.79 Å². The van der Waals surface area contributed by atoms with Gasteiger partial charge in [-0.15, -0.1) is 0 Å². The molecule has 1 fully saturated rings. The second kappa shape index (κ2) is 3.39. The molecule has 0 bridgehead atoms. The van der Waals surface area contributed by atoms with E-state index in [2.05, 4.69) is 17.6 Å². The van der Waals surface area contributed by atoms with Crippen LogP contribution in [-0.2, 0) is 11.2 Å². The Hall–Kier alpha value is -1.71. The monoisotopic (exact) mass is 231 g/mol. The Morgan fingerprint density at radius 2 is 2.18 bits per heavy atom. The molecule has 17 heavy (non-hydrogen) atoms.